The second kappa shape index (κ2) is 10.1. The Hall–Kier alpha value is -1.02. The lowest BCUT2D eigenvalue weighted by Crippen LogP contribution is -2.47. The van der Waals surface area contributed by atoms with E-state index in [1.54, 1.807) is 0 Å². The van der Waals surface area contributed by atoms with Crippen molar-refractivity contribution in [1.82, 2.24) is 15.1 Å². The highest BCUT2D eigenvalue weighted by Gasteiger charge is 2.23. The molecule has 1 aliphatic heterocycles. The summed E-state index contributed by atoms with van der Waals surface area (Å²) in [7, 11) is 6.07. The van der Waals surface area contributed by atoms with Crippen LogP contribution in [0.15, 0.2) is 29.3 Å². The smallest absolute Gasteiger partial charge is 0.193 e. The molecule has 0 saturated carbocycles. The Balaban J connectivity index is 1.75. The maximum absolute atomic E-state index is 6.17. The number of ether oxygens (including phenoxy) is 1. The lowest BCUT2D eigenvalue weighted by molar-refractivity contribution is 0.128. The van der Waals surface area contributed by atoms with Gasteiger partial charge >= 0.3 is 0 Å². The first kappa shape index (κ1) is 19.3. The van der Waals surface area contributed by atoms with Crippen molar-refractivity contribution in [1.29, 1.82) is 0 Å². The van der Waals surface area contributed by atoms with Gasteiger partial charge in [0.25, 0.3) is 0 Å². The van der Waals surface area contributed by atoms with E-state index in [1.807, 2.05) is 19.2 Å². The molecule has 1 N–H and O–H groups in total. The van der Waals surface area contributed by atoms with Crippen LogP contribution >= 0.6 is 22.6 Å². The summed E-state index contributed by atoms with van der Waals surface area (Å²) < 4.78 is 7.35. The lowest BCUT2D eigenvalue weighted by Gasteiger charge is -2.34. The SMILES string of the molecule is CN=C(NCCCN(C)C)N1CCC(Oc2ccccc2I)CC1. The average molecular weight is 444 g/mol. The fourth-order valence-corrected chi connectivity index (χ4v) is 3.35. The molecule has 0 amide bonds. The van der Waals surface area contributed by atoms with Crippen molar-refractivity contribution in [2.75, 3.05) is 47.3 Å². The minimum atomic E-state index is 0.295. The van der Waals surface area contributed by atoms with Crippen LogP contribution in [0.25, 0.3) is 0 Å². The number of benzene rings is 1. The highest BCUT2D eigenvalue weighted by molar-refractivity contribution is 14.1. The van der Waals surface area contributed by atoms with Crippen molar-refractivity contribution in [2.24, 2.45) is 4.99 Å². The van der Waals surface area contributed by atoms with Gasteiger partial charge in [0.2, 0.25) is 0 Å². The molecule has 1 fully saturated rings. The van der Waals surface area contributed by atoms with Gasteiger partial charge in [0.1, 0.15) is 11.9 Å². The monoisotopic (exact) mass is 444 g/mol. The van der Waals surface area contributed by atoms with Crippen LogP contribution in [0.1, 0.15) is 19.3 Å². The fourth-order valence-electron chi connectivity index (χ4n) is 2.83. The number of piperidine rings is 1. The molecular formula is C18H29IN4O. The van der Waals surface area contributed by atoms with Crippen LogP contribution in [0.5, 0.6) is 5.75 Å². The third-order valence-corrected chi connectivity index (χ3v) is 5.04. The number of nitrogens with one attached hydrogen (secondary N) is 1. The van der Waals surface area contributed by atoms with E-state index in [1.165, 1.54) is 3.57 Å². The quantitative estimate of drug-likeness (QED) is 0.317. The molecular weight excluding hydrogens is 415 g/mol. The molecule has 134 valence electrons. The van der Waals surface area contributed by atoms with E-state index >= 15 is 0 Å². The summed E-state index contributed by atoms with van der Waals surface area (Å²) in [4.78, 5) is 8.97. The number of guanidine groups is 1. The summed E-state index contributed by atoms with van der Waals surface area (Å²) in [5, 5.41) is 3.48. The first-order chi connectivity index (χ1) is 11.6. The van der Waals surface area contributed by atoms with Crippen molar-refractivity contribution in [2.45, 2.75) is 25.4 Å². The van der Waals surface area contributed by atoms with Gasteiger partial charge in [-0.2, -0.15) is 0 Å². The largest absolute Gasteiger partial charge is 0.489 e. The predicted octanol–water partition coefficient (Wildman–Crippen LogP) is 2.66. The van der Waals surface area contributed by atoms with Crippen LogP contribution in [0.4, 0.5) is 0 Å². The van der Waals surface area contributed by atoms with Crippen LogP contribution in [-0.2, 0) is 0 Å². The van der Waals surface area contributed by atoms with E-state index in [-0.39, 0.29) is 0 Å². The normalized spacial score (nSPS) is 16.5. The second-order valence-corrected chi connectivity index (χ2v) is 7.53. The van der Waals surface area contributed by atoms with Crippen molar-refractivity contribution in [3.63, 3.8) is 0 Å². The molecule has 1 aromatic carbocycles. The molecule has 5 nitrogen and oxygen atoms in total. The van der Waals surface area contributed by atoms with Crippen LogP contribution in [0, 0.1) is 3.57 Å². The number of hydrogen-bond donors (Lipinski definition) is 1. The zero-order valence-electron chi connectivity index (χ0n) is 15.0. The molecule has 0 atom stereocenters. The summed E-state index contributed by atoms with van der Waals surface area (Å²) in [6.07, 6.45) is 3.48. The summed E-state index contributed by atoms with van der Waals surface area (Å²) in [6, 6.07) is 8.22. The van der Waals surface area contributed by atoms with Crippen molar-refractivity contribution >= 4 is 28.6 Å². The first-order valence-electron chi connectivity index (χ1n) is 8.61. The Morgan fingerprint density at radius 3 is 2.67 bits per heavy atom. The minimum Gasteiger partial charge on any atom is -0.489 e. The van der Waals surface area contributed by atoms with E-state index in [0.717, 1.165) is 57.2 Å². The molecule has 0 spiro atoms. The van der Waals surface area contributed by atoms with Gasteiger partial charge in [-0.1, -0.05) is 12.1 Å². The van der Waals surface area contributed by atoms with Crippen molar-refractivity contribution in [3.8, 4) is 5.75 Å². The summed E-state index contributed by atoms with van der Waals surface area (Å²) in [6.45, 7) is 4.03. The van der Waals surface area contributed by atoms with Crippen LogP contribution < -0.4 is 10.1 Å². The standard InChI is InChI=1S/C18H29IN4O/c1-20-18(21-11-6-12-22(2)3)23-13-9-15(10-14-23)24-17-8-5-4-7-16(17)19/h4-5,7-8,15H,6,9-14H2,1-3H3,(H,20,21). The average Bonchev–Trinajstić information content (AvgIpc) is 2.58. The van der Waals surface area contributed by atoms with Crippen LogP contribution in [-0.4, -0.2) is 69.2 Å². The van der Waals surface area contributed by atoms with Crippen molar-refractivity contribution in [3.05, 3.63) is 27.8 Å². The van der Waals surface area contributed by atoms with Gasteiger partial charge in [-0.3, -0.25) is 4.99 Å². The minimum absolute atomic E-state index is 0.295. The Kier molecular flexibility index (Phi) is 8.11. The highest BCUT2D eigenvalue weighted by Crippen LogP contribution is 2.24. The van der Waals surface area contributed by atoms with Gasteiger partial charge in [-0.25, -0.2) is 0 Å². The number of nitrogens with zero attached hydrogens (tertiary/aromatic N) is 3. The maximum atomic E-state index is 6.17. The predicted molar refractivity (Wildman–Crippen MR) is 109 cm³/mol. The van der Waals surface area contributed by atoms with Gasteiger partial charge in [0.05, 0.1) is 3.57 Å². The van der Waals surface area contributed by atoms with Gasteiger partial charge in [-0.15, -0.1) is 0 Å². The molecule has 0 unspecified atom stereocenters. The van der Waals surface area contributed by atoms with Crippen molar-refractivity contribution < 1.29 is 4.74 Å². The molecule has 2 rings (SSSR count). The molecule has 1 saturated heterocycles. The van der Waals surface area contributed by atoms with E-state index in [0.29, 0.717) is 6.10 Å². The summed E-state index contributed by atoms with van der Waals surface area (Å²) in [5.41, 5.74) is 0. The van der Waals surface area contributed by atoms with Crippen LogP contribution in [0.2, 0.25) is 0 Å². The third-order valence-electron chi connectivity index (χ3n) is 4.15. The molecule has 0 bridgehead atoms. The Bertz CT molecular complexity index is 528. The number of para-hydroxylation sites is 1. The lowest BCUT2D eigenvalue weighted by atomic mass is 10.1. The van der Waals surface area contributed by atoms with Gasteiger partial charge < -0.3 is 19.9 Å². The molecule has 0 radical (unpaired) electrons. The van der Waals surface area contributed by atoms with E-state index in [4.69, 9.17) is 4.74 Å². The molecule has 0 aromatic heterocycles. The van der Waals surface area contributed by atoms with E-state index in [2.05, 4.69) is 68.9 Å². The molecule has 1 aromatic rings. The van der Waals surface area contributed by atoms with E-state index < -0.39 is 0 Å². The van der Waals surface area contributed by atoms with Gasteiger partial charge in [-0.05, 0) is 61.8 Å². The second-order valence-electron chi connectivity index (χ2n) is 6.37. The molecule has 1 heterocycles. The molecule has 6 heteroatoms. The number of rotatable bonds is 6. The van der Waals surface area contributed by atoms with E-state index in [9.17, 15) is 0 Å². The summed E-state index contributed by atoms with van der Waals surface area (Å²) >= 11 is 2.33. The fraction of sp³-hybridized carbons (Fsp3) is 0.611. The number of likely N-dealkylation sites (tertiary alicyclic amines) is 1. The maximum Gasteiger partial charge on any atom is 0.193 e. The van der Waals surface area contributed by atoms with Crippen LogP contribution in [0.3, 0.4) is 0 Å². The highest BCUT2D eigenvalue weighted by atomic mass is 127. The molecule has 1 aliphatic rings. The molecule has 0 aliphatic carbocycles. The number of hydrogen-bond acceptors (Lipinski definition) is 3. The topological polar surface area (TPSA) is 40.1 Å². The number of aliphatic imine (C=N–C) groups is 1. The molecule has 24 heavy (non-hydrogen) atoms. The van der Waals surface area contributed by atoms with Gasteiger partial charge in [0, 0.05) is 39.5 Å². The zero-order valence-corrected chi connectivity index (χ0v) is 17.1. The van der Waals surface area contributed by atoms with Gasteiger partial charge in [0.15, 0.2) is 5.96 Å². The zero-order chi connectivity index (χ0) is 17.4. The Morgan fingerprint density at radius 2 is 2.04 bits per heavy atom. The Labute approximate surface area is 159 Å². The first-order valence-corrected chi connectivity index (χ1v) is 9.69. The third kappa shape index (κ3) is 6.12. The number of halogens is 1. The summed E-state index contributed by atoms with van der Waals surface area (Å²) in [5.74, 6) is 2.02. The Morgan fingerprint density at radius 1 is 1.33 bits per heavy atom.